The van der Waals surface area contributed by atoms with Crippen LogP contribution in [-0.2, 0) is 9.53 Å². The Morgan fingerprint density at radius 1 is 1.09 bits per heavy atom. The first kappa shape index (κ1) is 19.1. The molecular formula is C18H15NNaO3. The van der Waals surface area contributed by atoms with Crippen LogP contribution in [0.15, 0.2) is 54.6 Å². The molecule has 0 fully saturated rings. The van der Waals surface area contributed by atoms with Crippen LogP contribution in [0.2, 0.25) is 0 Å². The summed E-state index contributed by atoms with van der Waals surface area (Å²) in [6, 6.07) is 17.3. The normalized spacial score (nSPS) is 10.8. The van der Waals surface area contributed by atoms with Crippen molar-refractivity contribution in [2.45, 2.75) is 12.8 Å². The van der Waals surface area contributed by atoms with Crippen LogP contribution >= 0.6 is 0 Å². The van der Waals surface area contributed by atoms with E-state index in [-0.39, 0.29) is 41.9 Å². The zero-order valence-corrected chi connectivity index (χ0v) is 15.2. The molecule has 0 amide bonds. The maximum Gasteiger partial charge on any atom is 0.327 e. The van der Waals surface area contributed by atoms with E-state index < -0.39 is 11.9 Å². The molecule has 0 aromatic heterocycles. The molecule has 0 aliphatic heterocycles. The fraction of sp³-hybridized carbons (Fsp3) is 0.167. The van der Waals surface area contributed by atoms with Gasteiger partial charge in [-0.2, -0.15) is 5.26 Å². The van der Waals surface area contributed by atoms with Gasteiger partial charge >= 0.3 is 5.97 Å². The second-order valence-electron chi connectivity index (χ2n) is 4.63. The number of ketones is 1. The second-order valence-corrected chi connectivity index (χ2v) is 4.63. The molecule has 5 heteroatoms. The Bertz CT molecular complexity index is 723. The van der Waals surface area contributed by atoms with Crippen molar-refractivity contribution in [2.75, 3.05) is 6.61 Å². The number of hydrogen-bond donors (Lipinski definition) is 0. The Morgan fingerprint density at radius 2 is 1.74 bits per heavy atom. The largest absolute Gasteiger partial charge is 0.465 e. The van der Waals surface area contributed by atoms with Crippen LogP contribution < -0.4 is 0 Å². The molecule has 111 valence electrons. The van der Waals surface area contributed by atoms with Crippen molar-refractivity contribution in [2.24, 2.45) is 0 Å². The van der Waals surface area contributed by atoms with Gasteiger partial charge in [0.2, 0.25) is 0 Å². The molecule has 23 heavy (non-hydrogen) atoms. The van der Waals surface area contributed by atoms with Gasteiger partial charge in [0, 0.05) is 40.7 Å². The van der Waals surface area contributed by atoms with E-state index in [9.17, 15) is 14.9 Å². The van der Waals surface area contributed by atoms with E-state index in [4.69, 9.17) is 4.74 Å². The van der Waals surface area contributed by atoms with E-state index in [0.29, 0.717) is 16.7 Å². The number of ether oxygens (including phenoxy) is 1. The van der Waals surface area contributed by atoms with Crippen molar-refractivity contribution >= 4 is 41.3 Å². The number of benzene rings is 2. The van der Waals surface area contributed by atoms with E-state index in [1.54, 1.807) is 55.5 Å². The van der Waals surface area contributed by atoms with E-state index >= 15 is 0 Å². The zero-order valence-electron chi connectivity index (χ0n) is 13.2. The Kier molecular flexibility index (Phi) is 7.70. The predicted octanol–water partition coefficient (Wildman–Crippen LogP) is 2.71. The third kappa shape index (κ3) is 4.77. The molecule has 0 saturated heterocycles. The van der Waals surface area contributed by atoms with Crippen molar-refractivity contribution in [3.8, 4) is 6.07 Å². The Morgan fingerprint density at radius 3 is 2.35 bits per heavy atom. The molecule has 2 aromatic rings. The second kappa shape index (κ2) is 9.26. The summed E-state index contributed by atoms with van der Waals surface area (Å²) < 4.78 is 4.89. The molecule has 1 radical (unpaired) electrons. The number of hydrogen-bond acceptors (Lipinski definition) is 4. The van der Waals surface area contributed by atoms with Crippen molar-refractivity contribution < 1.29 is 14.3 Å². The molecule has 0 N–H and O–H groups in total. The first-order valence-electron chi connectivity index (χ1n) is 6.93. The molecule has 4 nitrogen and oxygen atoms in total. The van der Waals surface area contributed by atoms with E-state index in [0.717, 1.165) is 0 Å². The van der Waals surface area contributed by atoms with Crippen molar-refractivity contribution in [1.29, 1.82) is 5.26 Å². The van der Waals surface area contributed by atoms with Crippen LogP contribution in [0.25, 0.3) is 0 Å². The van der Waals surface area contributed by atoms with Crippen LogP contribution in [0.3, 0.4) is 0 Å². The summed E-state index contributed by atoms with van der Waals surface area (Å²) in [5, 5.41) is 9.19. The summed E-state index contributed by atoms with van der Waals surface area (Å²) in [6.07, 6.45) is 0. The topological polar surface area (TPSA) is 67.2 Å². The summed E-state index contributed by atoms with van der Waals surface area (Å²) >= 11 is 0. The molecule has 0 aliphatic rings. The summed E-state index contributed by atoms with van der Waals surface area (Å²) in [7, 11) is 0. The molecule has 2 aromatic carbocycles. The number of nitriles is 1. The van der Waals surface area contributed by atoms with Gasteiger partial charge in [-0.3, -0.25) is 9.59 Å². The van der Waals surface area contributed by atoms with Crippen molar-refractivity contribution in [1.82, 2.24) is 0 Å². The molecule has 0 spiro atoms. The van der Waals surface area contributed by atoms with Crippen LogP contribution in [-0.4, -0.2) is 47.9 Å². The first-order valence-corrected chi connectivity index (χ1v) is 6.93. The molecule has 1 atom stereocenters. The molecule has 2 rings (SSSR count). The van der Waals surface area contributed by atoms with Gasteiger partial charge in [0.05, 0.1) is 12.7 Å². The average Bonchev–Trinajstić information content (AvgIpc) is 2.56. The number of rotatable bonds is 5. The van der Waals surface area contributed by atoms with Crippen LogP contribution in [0.1, 0.15) is 34.3 Å². The average molecular weight is 316 g/mol. The number of esters is 1. The van der Waals surface area contributed by atoms with Crippen LogP contribution in [0.4, 0.5) is 0 Å². The Balaban J connectivity index is 0.00000264. The molecule has 0 saturated carbocycles. The first-order chi connectivity index (χ1) is 10.7. The third-order valence-electron chi connectivity index (χ3n) is 3.17. The van der Waals surface area contributed by atoms with E-state index in [1.165, 1.54) is 0 Å². The number of carbonyl (C=O) groups excluding carboxylic acids is 2. The Hall–Kier alpha value is -1.93. The summed E-state index contributed by atoms with van der Waals surface area (Å²) in [5.74, 6) is -1.78. The minimum absolute atomic E-state index is 0. The molecule has 1 unspecified atom stereocenters. The van der Waals surface area contributed by atoms with Gasteiger partial charge in [-0.15, -0.1) is 0 Å². The summed E-state index contributed by atoms with van der Waals surface area (Å²) in [6.45, 7) is 1.89. The summed E-state index contributed by atoms with van der Waals surface area (Å²) in [4.78, 5) is 24.2. The minimum Gasteiger partial charge on any atom is -0.465 e. The van der Waals surface area contributed by atoms with Crippen molar-refractivity contribution in [3.63, 3.8) is 0 Å². The Labute approximate surface area is 157 Å². The van der Waals surface area contributed by atoms with E-state index in [2.05, 4.69) is 0 Å². The van der Waals surface area contributed by atoms with E-state index in [1.807, 2.05) is 12.1 Å². The maximum atomic E-state index is 12.4. The fourth-order valence-corrected chi connectivity index (χ4v) is 2.10. The van der Waals surface area contributed by atoms with Gasteiger partial charge in [-0.25, -0.2) is 0 Å². The number of carbonyl (C=O) groups is 2. The van der Waals surface area contributed by atoms with Gasteiger partial charge in [0.1, 0.15) is 0 Å². The van der Waals surface area contributed by atoms with Gasteiger partial charge in [-0.05, 0) is 18.6 Å². The quantitative estimate of drug-likeness (QED) is 0.483. The monoisotopic (exact) mass is 316 g/mol. The zero-order chi connectivity index (χ0) is 15.9. The fourth-order valence-electron chi connectivity index (χ4n) is 2.10. The van der Waals surface area contributed by atoms with Crippen LogP contribution in [0, 0.1) is 11.3 Å². The smallest absolute Gasteiger partial charge is 0.327 e. The minimum atomic E-state index is -1.02. The molecule has 0 heterocycles. The molecule has 0 aliphatic carbocycles. The van der Waals surface area contributed by atoms with Gasteiger partial charge in [0.15, 0.2) is 11.7 Å². The van der Waals surface area contributed by atoms with Gasteiger partial charge in [0.25, 0.3) is 0 Å². The standard InChI is InChI=1S/C18H15NO3.Na/c1-2-22-18(21)16(12-19)14-9-6-10-15(11-14)17(20)13-7-4-3-5-8-13;/h3-11,16H,2H2,1H3;. The summed E-state index contributed by atoms with van der Waals surface area (Å²) in [5.41, 5.74) is 1.46. The van der Waals surface area contributed by atoms with Crippen molar-refractivity contribution in [3.05, 3.63) is 71.3 Å². The SMILES string of the molecule is CCOC(=O)C(C#N)c1cccc(C(=O)c2ccccc2)c1.[Na]. The van der Waals surface area contributed by atoms with Crippen LogP contribution in [0.5, 0.6) is 0 Å². The number of nitrogens with zero attached hydrogens (tertiary/aromatic N) is 1. The maximum absolute atomic E-state index is 12.4. The molecular weight excluding hydrogens is 301 g/mol. The predicted molar refractivity (Wildman–Crippen MR) is 87.1 cm³/mol. The molecule has 0 bridgehead atoms. The van der Waals surface area contributed by atoms with Gasteiger partial charge in [-0.1, -0.05) is 48.5 Å². The third-order valence-corrected chi connectivity index (χ3v) is 3.17. The van der Waals surface area contributed by atoms with Gasteiger partial charge < -0.3 is 4.74 Å².